The molecule has 0 saturated heterocycles. The molecule has 2 rings (SSSR count). The van der Waals surface area contributed by atoms with Crippen molar-refractivity contribution in [3.8, 4) is 0 Å². The molecule has 1 amide bonds. The third-order valence-electron chi connectivity index (χ3n) is 4.17. The Morgan fingerprint density at radius 3 is 2.35 bits per heavy atom. The maximum atomic E-state index is 12.8. The molecule has 1 aromatic carbocycles. The number of halogens is 1. The quantitative estimate of drug-likeness (QED) is 0.774. The van der Waals surface area contributed by atoms with E-state index in [-0.39, 0.29) is 11.7 Å². The Bertz CT molecular complexity index is 451. The van der Waals surface area contributed by atoms with E-state index in [9.17, 15) is 9.18 Å². The summed E-state index contributed by atoms with van der Waals surface area (Å²) >= 11 is 0. The van der Waals surface area contributed by atoms with Crippen LogP contribution in [-0.2, 0) is 11.2 Å². The third kappa shape index (κ3) is 3.81. The van der Waals surface area contributed by atoms with E-state index in [1.807, 2.05) is 0 Å². The summed E-state index contributed by atoms with van der Waals surface area (Å²) in [5, 5.41) is 0. The SMILES string of the molecule is CC(C)C(C)N(C(=O)CCc1ccc(F)cc1)C1CC1. The van der Waals surface area contributed by atoms with E-state index in [4.69, 9.17) is 0 Å². The molecule has 1 aliphatic carbocycles. The minimum absolute atomic E-state index is 0.229. The zero-order valence-corrected chi connectivity index (χ0v) is 12.6. The minimum atomic E-state index is -0.229. The number of hydrogen-bond acceptors (Lipinski definition) is 1. The van der Waals surface area contributed by atoms with Gasteiger partial charge in [-0.25, -0.2) is 4.39 Å². The van der Waals surface area contributed by atoms with Crippen molar-refractivity contribution in [3.63, 3.8) is 0 Å². The average Bonchev–Trinajstić information content (AvgIpc) is 3.22. The highest BCUT2D eigenvalue weighted by atomic mass is 19.1. The molecule has 1 aliphatic rings. The van der Waals surface area contributed by atoms with Gasteiger partial charge in [0.05, 0.1) is 0 Å². The van der Waals surface area contributed by atoms with Gasteiger partial charge in [0.15, 0.2) is 0 Å². The van der Waals surface area contributed by atoms with E-state index >= 15 is 0 Å². The van der Waals surface area contributed by atoms with E-state index in [1.165, 1.54) is 12.1 Å². The van der Waals surface area contributed by atoms with Crippen molar-refractivity contribution in [1.29, 1.82) is 0 Å². The zero-order chi connectivity index (χ0) is 14.7. The van der Waals surface area contributed by atoms with Crippen molar-refractivity contribution in [2.24, 2.45) is 5.92 Å². The second kappa shape index (κ2) is 6.38. The summed E-state index contributed by atoms with van der Waals surface area (Å²) in [4.78, 5) is 14.5. The van der Waals surface area contributed by atoms with E-state index in [1.54, 1.807) is 12.1 Å². The number of carbonyl (C=O) groups excluding carboxylic acids is 1. The summed E-state index contributed by atoms with van der Waals surface area (Å²) < 4.78 is 12.8. The van der Waals surface area contributed by atoms with Gasteiger partial charge in [0.2, 0.25) is 5.91 Å². The fourth-order valence-corrected chi connectivity index (χ4v) is 2.47. The van der Waals surface area contributed by atoms with Gasteiger partial charge in [-0.2, -0.15) is 0 Å². The van der Waals surface area contributed by atoms with Crippen LogP contribution in [0.15, 0.2) is 24.3 Å². The Morgan fingerprint density at radius 2 is 1.85 bits per heavy atom. The van der Waals surface area contributed by atoms with Crippen LogP contribution in [0, 0.1) is 11.7 Å². The molecule has 20 heavy (non-hydrogen) atoms. The molecule has 0 bridgehead atoms. The van der Waals surface area contributed by atoms with Crippen LogP contribution >= 0.6 is 0 Å². The number of carbonyl (C=O) groups is 1. The first kappa shape index (κ1) is 15.0. The van der Waals surface area contributed by atoms with Crippen LogP contribution in [0.3, 0.4) is 0 Å². The van der Waals surface area contributed by atoms with Crippen LogP contribution in [0.1, 0.15) is 45.6 Å². The second-order valence-electron chi connectivity index (χ2n) is 6.14. The molecule has 110 valence electrons. The highest BCUT2D eigenvalue weighted by Crippen LogP contribution is 2.31. The summed E-state index contributed by atoms with van der Waals surface area (Å²) in [5.74, 6) is 0.483. The zero-order valence-electron chi connectivity index (χ0n) is 12.6. The Morgan fingerprint density at radius 1 is 1.25 bits per heavy atom. The number of benzene rings is 1. The molecule has 0 spiro atoms. The van der Waals surface area contributed by atoms with Crippen LogP contribution in [0.25, 0.3) is 0 Å². The summed E-state index contributed by atoms with van der Waals surface area (Å²) in [7, 11) is 0. The molecule has 2 nitrogen and oxygen atoms in total. The highest BCUT2D eigenvalue weighted by Gasteiger charge is 2.36. The van der Waals surface area contributed by atoms with E-state index in [0.29, 0.717) is 30.8 Å². The van der Waals surface area contributed by atoms with Crippen molar-refractivity contribution in [2.45, 2.75) is 58.5 Å². The van der Waals surface area contributed by atoms with Gasteiger partial charge in [0, 0.05) is 18.5 Å². The lowest BCUT2D eigenvalue weighted by molar-refractivity contribution is -0.134. The Kier molecular flexibility index (Phi) is 4.79. The van der Waals surface area contributed by atoms with Gasteiger partial charge in [-0.1, -0.05) is 26.0 Å². The predicted octanol–water partition coefficient (Wildman–Crippen LogP) is 3.79. The van der Waals surface area contributed by atoms with Crippen molar-refractivity contribution >= 4 is 5.91 Å². The van der Waals surface area contributed by atoms with Crippen LogP contribution in [0.4, 0.5) is 4.39 Å². The van der Waals surface area contributed by atoms with Gasteiger partial charge in [0.1, 0.15) is 5.82 Å². The number of amides is 1. The van der Waals surface area contributed by atoms with Crippen molar-refractivity contribution < 1.29 is 9.18 Å². The second-order valence-corrected chi connectivity index (χ2v) is 6.14. The minimum Gasteiger partial charge on any atom is -0.337 e. The Hall–Kier alpha value is -1.38. The first-order valence-corrected chi connectivity index (χ1v) is 7.54. The Labute approximate surface area is 121 Å². The number of aryl methyl sites for hydroxylation is 1. The van der Waals surface area contributed by atoms with Crippen molar-refractivity contribution in [3.05, 3.63) is 35.6 Å². The van der Waals surface area contributed by atoms with Crippen LogP contribution in [0.2, 0.25) is 0 Å². The topological polar surface area (TPSA) is 20.3 Å². The molecule has 1 aromatic rings. The lowest BCUT2D eigenvalue weighted by Crippen LogP contribution is -2.43. The lowest BCUT2D eigenvalue weighted by Gasteiger charge is -2.32. The molecule has 0 aliphatic heterocycles. The molecule has 0 aromatic heterocycles. The highest BCUT2D eigenvalue weighted by molar-refractivity contribution is 5.77. The fourth-order valence-electron chi connectivity index (χ4n) is 2.47. The maximum Gasteiger partial charge on any atom is 0.223 e. The number of hydrogen-bond donors (Lipinski definition) is 0. The molecule has 3 heteroatoms. The fraction of sp³-hybridized carbons (Fsp3) is 0.588. The smallest absolute Gasteiger partial charge is 0.223 e. The standard InChI is InChI=1S/C17H24FNO/c1-12(2)13(3)19(16-9-10-16)17(20)11-6-14-4-7-15(18)8-5-14/h4-5,7-8,12-13,16H,6,9-11H2,1-3H3. The monoisotopic (exact) mass is 277 g/mol. The van der Waals surface area contributed by atoms with Gasteiger partial charge in [0.25, 0.3) is 0 Å². The number of nitrogens with zero attached hydrogens (tertiary/aromatic N) is 1. The average molecular weight is 277 g/mol. The molecule has 0 radical (unpaired) electrons. The van der Waals surface area contributed by atoms with Crippen LogP contribution < -0.4 is 0 Å². The molecule has 0 heterocycles. The first-order chi connectivity index (χ1) is 9.49. The Balaban J connectivity index is 1.93. The molecule has 1 unspecified atom stereocenters. The van der Waals surface area contributed by atoms with Crippen LogP contribution in [-0.4, -0.2) is 22.9 Å². The summed E-state index contributed by atoms with van der Waals surface area (Å²) in [6.07, 6.45) is 3.48. The van der Waals surface area contributed by atoms with Gasteiger partial charge in [-0.15, -0.1) is 0 Å². The molecule has 1 atom stereocenters. The normalized spacial score (nSPS) is 16.2. The van der Waals surface area contributed by atoms with Crippen LogP contribution in [0.5, 0.6) is 0 Å². The van der Waals surface area contributed by atoms with Gasteiger partial charge >= 0.3 is 0 Å². The van der Waals surface area contributed by atoms with Gasteiger partial charge in [-0.3, -0.25) is 4.79 Å². The van der Waals surface area contributed by atoms with Gasteiger partial charge in [-0.05, 0) is 49.8 Å². The summed E-state index contributed by atoms with van der Waals surface area (Å²) in [6, 6.07) is 7.17. The third-order valence-corrected chi connectivity index (χ3v) is 4.17. The van der Waals surface area contributed by atoms with E-state index < -0.39 is 0 Å². The molecular weight excluding hydrogens is 253 g/mol. The summed E-state index contributed by atoms with van der Waals surface area (Å²) in [5.41, 5.74) is 1.02. The molecule has 1 saturated carbocycles. The molecular formula is C17H24FNO. The summed E-state index contributed by atoms with van der Waals surface area (Å²) in [6.45, 7) is 6.46. The lowest BCUT2D eigenvalue weighted by atomic mass is 10.0. The van der Waals surface area contributed by atoms with Crippen molar-refractivity contribution in [2.75, 3.05) is 0 Å². The van der Waals surface area contributed by atoms with Crippen molar-refractivity contribution in [1.82, 2.24) is 4.90 Å². The first-order valence-electron chi connectivity index (χ1n) is 7.54. The van der Waals surface area contributed by atoms with E-state index in [2.05, 4.69) is 25.7 Å². The largest absolute Gasteiger partial charge is 0.337 e. The predicted molar refractivity (Wildman–Crippen MR) is 78.9 cm³/mol. The molecule has 0 N–H and O–H groups in total. The van der Waals surface area contributed by atoms with E-state index in [0.717, 1.165) is 18.4 Å². The maximum absolute atomic E-state index is 12.8. The number of rotatable bonds is 6. The van der Waals surface area contributed by atoms with Gasteiger partial charge < -0.3 is 4.90 Å². The molecule has 1 fully saturated rings.